The van der Waals surface area contributed by atoms with Crippen molar-refractivity contribution in [1.29, 1.82) is 0 Å². The predicted octanol–water partition coefficient (Wildman–Crippen LogP) is 3.31. The molecule has 1 aromatic rings. The van der Waals surface area contributed by atoms with Gasteiger partial charge in [-0.3, -0.25) is 4.90 Å². The molecule has 1 heterocycles. The Hall–Kier alpha value is -0.860. The first-order valence-corrected chi connectivity index (χ1v) is 8.03. The van der Waals surface area contributed by atoms with Gasteiger partial charge in [0.05, 0.1) is 6.10 Å². The standard InChI is InChI=1S/C18H27NO/c1-14-16-9-11-19(12-15-6-4-3-5-7-15)13-18(16,2)10-8-17(14)20/h3-7,14,16-17,20H,8-13H2,1-2H3/t14-,16+,17+,18+/m1/s1. The highest BCUT2D eigenvalue weighted by atomic mass is 16.3. The van der Waals surface area contributed by atoms with Gasteiger partial charge in [-0.25, -0.2) is 0 Å². The normalized spacial score (nSPS) is 38.5. The quantitative estimate of drug-likeness (QED) is 0.893. The summed E-state index contributed by atoms with van der Waals surface area (Å²) in [4.78, 5) is 2.61. The van der Waals surface area contributed by atoms with Crippen molar-refractivity contribution in [2.24, 2.45) is 17.3 Å². The number of nitrogens with zero attached hydrogens (tertiary/aromatic N) is 1. The number of benzene rings is 1. The van der Waals surface area contributed by atoms with Crippen LogP contribution in [0.15, 0.2) is 30.3 Å². The topological polar surface area (TPSA) is 23.5 Å². The Kier molecular flexibility index (Phi) is 3.87. The molecule has 1 aliphatic carbocycles. The summed E-state index contributed by atoms with van der Waals surface area (Å²) in [5, 5.41) is 10.1. The Balaban J connectivity index is 1.68. The monoisotopic (exact) mass is 273 g/mol. The van der Waals surface area contributed by atoms with E-state index >= 15 is 0 Å². The number of likely N-dealkylation sites (tertiary alicyclic amines) is 1. The van der Waals surface area contributed by atoms with E-state index in [1.807, 2.05) is 0 Å². The SMILES string of the molecule is C[C@H]1[C@@H](O)CC[C@@]2(C)CN(Cc3ccccc3)CC[C@@H]12. The summed E-state index contributed by atoms with van der Waals surface area (Å²) >= 11 is 0. The maximum atomic E-state index is 10.1. The molecule has 0 aromatic heterocycles. The fraction of sp³-hybridized carbons (Fsp3) is 0.667. The average molecular weight is 273 g/mol. The van der Waals surface area contributed by atoms with Crippen LogP contribution in [0.5, 0.6) is 0 Å². The minimum Gasteiger partial charge on any atom is -0.393 e. The van der Waals surface area contributed by atoms with E-state index in [9.17, 15) is 5.11 Å². The molecule has 2 nitrogen and oxygen atoms in total. The molecule has 1 aliphatic heterocycles. The van der Waals surface area contributed by atoms with Crippen LogP contribution in [0, 0.1) is 17.3 Å². The van der Waals surface area contributed by atoms with Gasteiger partial charge in [0.2, 0.25) is 0 Å². The van der Waals surface area contributed by atoms with Crippen LogP contribution in [0.1, 0.15) is 38.7 Å². The Labute approximate surface area is 122 Å². The van der Waals surface area contributed by atoms with E-state index in [0.29, 0.717) is 17.3 Å². The van der Waals surface area contributed by atoms with E-state index in [4.69, 9.17) is 0 Å². The lowest BCUT2D eigenvalue weighted by Gasteiger charge is -2.53. The third-order valence-electron chi connectivity index (χ3n) is 5.74. The molecule has 110 valence electrons. The first-order chi connectivity index (χ1) is 9.58. The lowest BCUT2D eigenvalue weighted by atomic mass is 9.59. The van der Waals surface area contributed by atoms with Crippen LogP contribution in [0.25, 0.3) is 0 Å². The van der Waals surface area contributed by atoms with Crippen molar-refractivity contribution < 1.29 is 5.11 Å². The smallest absolute Gasteiger partial charge is 0.0568 e. The second-order valence-corrected chi connectivity index (χ2v) is 7.21. The van der Waals surface area contributed by atoms with E-state index in [-0.39, 0.29) is 6.10 Å². The average Bonchev–Trinajstić information content (AvgIpc) is 2.44. The summed E-state index contributed by atoms with van der Waals surface area (Å²) in [6.07, 6.45) is 3.32. The lowest BCUT2D eigenvalue weighted by Crippen LogP contribution is -2.53. The molecule has 4 atom stereocenters. The van der Waals surface area contributed by atoms with Gasteiger partial charge in [-0.15, -0.1) is 0 Å². The number of rotatable bonds is 2. The summed E-state index contributed by atoms with van der Waals surface area (Å²) in [6, 6.07) is 10.8. The number of hydrogen-bond acceptors (Lipinski definition) is 2. The third-order valence-corrected chi connectivity index (χ3v) is 5.74. The maximum absolute atomic E-state index is 10.1. The van der Waals surface area contributed by atoms with Crippen LogP contribution in [-0.2, 0) is 6.54 Å². The van der Waals surface area contributed by atoms with Crippen LogP contribution in [0.4, 0.5) is 0 Å². The summed E-state index contributed by atoms with van der Waals surface area (Å²) in [5.41, 5.74) is 1.81. The molecule has 2 heteroatoms. The largest absolute Gasteiger partial charge is 0.393 e. The van der Waals surface area contributed by atoms with Gasteiger partial charge >= 0.3 is 0 Å². The summed E-state index contributed by atoms with van der Waals surface area (Å²) in [6.45, 7) is 8.12. The zero-order valence-corrected chi connectivity index (χ0v) is 12.8. The van der Waals surface area contributed by atoms with Crippen LogP contribution in [-0.4, -0.2) is 29.2 Å². The van der Waals surface area contributed by atoms with E-state index in [1.54, 1.807) is 0 Å². The summed E-state index contributed by atoms with van der Waals surface area (Å²) in [5.74, 6) is 1.16. The molecule has 2 aliphatic rings. The number of fused-ring (bicyclic) bond motifs is 1. The van der Waals surface area contributed by atoms with E-state index in [0.717, 1.165) is 13.0 Å². The summed E-state index contributed by atoms with van der Waals surface area (Å²) < 4.78 is 0. The van der Waals surface area contributed by atoms with Crippen LogP contribution < -0.4 is 0 Å². The number of hydrogen-bond donors (Lipinski definition) is 1. The van der Waals surface area contributed by atoms with Gasteiger partial charge in [-0.1, -0.05) is 44.2 Å². The highest BCUT2D eigenvalue weighted by Crippen LogP contribution is 2.48. The zero-order chi connectivity index (χ0) is 14.2. The van der Waals surface area contributed by atoms with Gasteiger partial charge in [-0.2, -0.15) is 0 Å². The molecule has 3 rings (SSSR count). The van der Waals surface area contributed by atoms with Crippen molar-refractivity contribution in [3.63, 3.8) is 0 Å². The Morgan fingerprint density at radius 2 is 2.00 bits per heavy atom. The first-order valence-electron chi connectivity index (χ1n) is 8.03. The molecular formula is C18H27NO. The number of aliphatic hydroxyl groups is 1. The first kappa shape index (κ1) is 14.1. The molecule has 0 bridgehead atoms. The number of aliphatic hydroxyl groups excluding tert-OH is 1. The van der Waals surface area contributed by atoms with Crippen molar-refractivity contribution in [3.8, 4) is 0 Å². The summed E-state index contributed by atoms with van der Waals surface area (Å²) in [7, 11) is 0. The molecule has 20 heavy (non-hydrogen) atoms. The molecule has 2 fully saturated rings. The van der Waals surface area contributed by atoms with Gasteiger partial charge in [0.15, 0.2) is 0 Å². The molecule has 0 unspecified atom stereocenters. The van der Waals surface area contributed by atoms with Crippen molar-refractivity contribution >= 4 is 0 Å². The predicted molar refractivity (Wildman–Crippen MR) is 82.3 cm³/mol. The highest BCUT2D eigenvalue weighted by Gasteiger charge is 2.46. The van der Waals surface area contributed by atoms with Gasteiger partial charge in [0.25, 0.3) is 0 Å². The molecular weight excluding hydrogens is 246 g/mol. The third kappa shape index (κ3) is 2.64. The molecule has 1 saturated carbocycles. The van der Waals surface area contributed by atoms with Gasteiger partial charge in [0, 0.05) is 13.1 Å². The van der Waals surface area contributed by atoms with Gasteiger partial charge in [0.1, 0.15) is 0 Å². The maximum Gasteiger partial charge on any atom is 0.0568 e. The van der Waals surface area contributed by atoms with Crippen LogP contribution in [0.2, 0.25) is 0 Å². The zero-order valence-electron chi connectivity index (χ0n) is 12.8. The second-order valence-electron chi connectivity index (χ2n) is 7.21. The van der Waals surface area contributed by atoms with Crippen LogP contribution >= 0.6 is 0 Å². The fourth-order valence-electron chi connectivity index (χ4n) is 4.52. The second kappa shape index (κ2) is 5.50. The minimum absolute atomic E-state index is 0.0752. The van der Waals surface area contributed by atoms with Crippen molar-refractivity contribution in [1.82, 2.24) is 4.90 Å². The van der Waals surface area contributed by atoms with Crippen molar-refractivity contribution in [3.05, 3.63) is 35.9 Å². The molecule has 0 amide bonds. The lowest BCUT2D eigenvalue weighted by molar-refractivity contribution is -0.0784. The van der Waals surface area contributed by atoms with E-state index in [1.165, 1.54) is 31.5 Å². The molecule has 0 spiro atoms. The van der Waals surface area contributed by atoms with E-state index < -0.39 is 0 Å². The minimum atomic E-state index is -0.0752. The van der Waals surface area contributed by atoms with Crippen LogP contribution in [0.3, 0.4) is 0 Å². The Bertz CT molecular complexity index is 446. The Morgan fingerprint density at radius 1 is 1.25 bits per heavy atom. The van der Waals surface area contributed by atoms with Gasteiger partial charge < -0.3 is 5.11 Å². The molecule has 1 aromatic carbocycles. The van der Waals surface area contributed by atoms with E-state index in [2.05, 4.69) is 49.1 Å². The molecule has 1 N–H and O–H groups in total. The molecule has 1 saturated heterocycles. The Morgan fingerprint density at radius 3 is 2.75 bits per heavy atom. The van der Waals surface area contributed by atoms with Crippen molar-refractivity contribution in [2.45, 2.75) is 45.8 Å². The number of piperidine rings is 1. The van der Waals surface area contributed by atoms with Gasteiger partial charge in [-0.05, 0) is 48.6 Å². The highest BCUT2D eigenvalue weighted by molar-refractivity contribution is 5.14. The molecule has 0 radical (unpaired) electrons. The van der Waals surface area contributed by atoms with Crippen molar-refractivity contribution in [2.75, 3.05) is 13.1 Å². The fourth-order valence-corrected chi connectivity index (χ4v) is 4.52.